The first-order valence-corrected chi connectivity index (χ1v) is 11.5. The van der Waals surface area contributed by atoms with Crippen LogP contribution in [0.15, 0.2) is 54.7 Å². The summed E-state index contributed by atoms with van der Waals surface area (Å²) in [5, 5.41) is 4.77. The number of hydrogen-bond donors (Lipinski definition) is 1. The third-order valence-corrected chi connectivity index (χ3v) is 7.65. The van der Waals surface area contributed by atoms with Crippen molar-refractivity contribution >= 4 is 28.4 Å². The molecule has 0 radical (unpaired) electrons. The fourth-order valence-electron chi connectivity index (χ4n) is 5.83. The molecule has 2 unspecified atom stereocenters. The van der Waals surface area contributed by atoms with Crippen molar-refractivity contribution < 1.29 is 9.18 Å². The first-order chi connectivity index (χ1) is 15.0. The number of carbonyl (C=O) groups excluding carboxylic acids is 1. The molecule has 5 atom stereocenters. The number of halogens is 2. The highest BCUT2D eigenvalue weighted by molar-refractivity contribution is 6.30. The number of amides is 1. The van der Waals surface area contributed by atoms with Crippen molar-refractivity contribution in [1.29, 1.82) is 0 Å². The summed E-state index contributed by atoms with van der Waals surface area (Å²) in [6.45, 7) is 2.12. The van der Waals surface area contributed by atoms with Crippen LogP contribution in [0.25, 0.3) is 10.9 Å². The van der Waals surface area contributed by atoms with Gasteiger partial charge in [-0.25, -0.2) is 4.39 Å². The number of nitrogens with zero attached hydrogens (tertiary/aromatic N) is 1. The van der Waals surface area contributed by atoms with Gasteiger partial charge in [-0.15, -0.1) is 0 Å². The molecule has 2 fully saturated rings. The number of carbonyl (C=O) groups is 1. The van der Waals surface area contributed by atoms with E-state index in [-0.39, 0.29) is 17.8 Å². The highest BCUT2D eigenvalue weighted by atomic mass is 35.5. The maximum absolute atomic E-state index is 13.9. The molecule has 5 heteroatoms. The summed E-state index contributed by atoms with van der Waals surface area (Å²) >= 11 is 5.92. The van der Waals surface area contributed by atoms with Gasteiger partial charge in [-0.1, -0.05) is 11.6 Å². The number of rotatable bonds is 4. The minimum atomic E-state index is -0.203. The van der Waals surface area contributed by atoms with E-state index in [0.29, 0.717) is 34.3 Å². The molecular weight excluding hydrogens is 411 g/mol. The SMILES string of the molecule is CC(NC(=O)c1ccc(Cl)cc1)[C@H]1C[C@H]2CC(c3ccnc4ccc(F)cc34)C[C@H]2C1. The van der Waals surface area contributed by atoms with Crippen LogP contribution in [-0.4, -0.2) is 16.9 Å². The number of pyridine rings is 1. The van der Waals surface area contributed by atoms with Gasteiger partial charge in [-0.3, -0.25) is 9.78 Å². The Morgan fingerprint density at radius 1 is 1.06 bits per heavy atom. The molecule has 2 aliphatic carbocycles. The number of nitrogens with one attached hydrogen (secondary N) is 1. The molecule has 1 N–H and O–H groups in total. The van der Waals surface area contributed by atoms with Crippen LogP contribution in [0.3, 0.4) is 0 Å². The lowest BCUT2D eigenvalue weighted by atomic mass is 9.88. The molecule has 0 spiro atoms. The topological polar surface area (TPSA) is 42.0 Å². The molecule has 1 aromatic heterocycles. The van der Waals surface area contributed by atoms with E-state index in [1.807, 2.05) is 6.20 Å². The monoisotopic (exact) mass is 436 g/mol. The van der Waals surface area contributed by atoms with Gasteiger partial charge in [0, 0.05) is 28.2 Å². The number of benzene rings is 2. The standard InChI is InChI=1S/C26H26ClFN2O/c1-15(30-26(31)16-2-4-21(27)5-3-16)17-10-18-12-20(13-19(18)11-17)23-8-9-29-25-7-6-22(28)14-24(23)25/h2-9,14-15,17-20H,10-13H2,1H3,(H,30,31)/t15?,17-,18-,19+,20?. The highest BCUT2D eigenvalue weighted by Crippen LogP contribution is 2.53. The van der Waals surface area contributed by atoms with Crippen molar-refractivity contribution in [2.75, 3.05) is 0 Å². The Morgan fingerprint density at radius 3 is 2.48 bits per heavy atom. The third kappa shape index (κ3) is 4.06. The Bertz CT molecular complexity index is 1100. The molecule has 3 nitrogen and oxygen atoms in total. The Morgan fingerprint density at radius 2 is 1.77 bits per heavy atom. The van der Waals surface area contributed by atoms with E-state index in [4.69, 9.17) is 11.6 Å². The van der Waals surface area contributed by atoms with Gasteiger partial charge in [-0.2, -0.15) is 0 Å². The second-order valence-corrected chi connectivity index (χ2v) is 9.69. The van der Waals surface area contributed by atoms with Crippen LogP contribution < -0.4 is 5.32 Å². The molecule has 2 aliphatic rings. The van der Waals surface area contributed by atoms with E-state index in [2.05, 4.69) is 23.3 Å². The van der Waals surface area contributed by atoms with Crippen LogP contribution in [0.5, 0.6) is 0 Å². The summed E-state index contributed by atoms with van der Waals surface area (Å²) in [5.74, 6) is 2.05. The molecule has 1 amide bonds. The average Bonchev–Trinajstić information content (AvgIpc) is 3.33. The second kappa shape index (κ2) is 8.23. The lowest BCUT2D eigenvalue weighted by Crippen LogP contribution is -2.37. The Labute approximate surface area is 187 Å². The molecule has 1 heterocycles. The summed E-state index contributed by atoms with van der Waals surface area (Å²) in [4.78, 5) is 17.0. The van der Waals surface area contributed by atoms with E-state index < -0.39 is 0 Å². The number of fused-ring (bicyclic) bond motifs is 2. The molecule has 31 heavy (non-hydrogen) atoms. The molecule has 0 saturated heterocycles. The summed E-state index contributed by atoms with van der Waals surface area (Å²) in [5.41, 5.74) is 2.75. The summed E-state index contributed by atoms with van der Waals surface area (Å²) in [6.07, 6.45) is 6.39. The predicted octanol–water partition coefficient (Wildman–Crippen LogP) is 6.37. The second-order valence-electron chi connectivity index (χ2n) is 9.25. The first-order valence-electron chi connectivity index (χ1n) is 11.1. The molecule has 2 saturated carbocycles. The molecule has 3 aromatic rings. The Kier molecular flexibility index (Phi) is 5.43. The van der Waals surface area contributed by atoms with Gasteiger partial charge in [-0.05, 0) is 110 Å². The molecule has 160 valence electrons. The average molecular weight is 437 g/mol. The normalized spacial score (nSPS) is 26.0. The molecule has 2 aromatic carbocycles. The van der Waals surface area contributed by atoms with Crippen LogP contribution in [-0.2, 0) is 0 Å². The van der Waals surface area contributed by atoms with Gasteiger partial charge >= 0.3 is 0 Å². The lowest BCUT2D eigenvalue weighted by Gasteiger charge is -2.23. The fraction of sp³-hybridized carbons (Fsp3) is 0.385. The van der Waals surface area contributed by atoms with Gasteiger partial charge in [0.05, 0.1) is 5.52 Å². The van der Waals surface area contributed by atoms with E-state index in [1.165, 1.54) is 11.6 Å². The van der Waals surface area contributed by atoms with Crippen molar-refractivity contribution in [2.45, 2.75) is 44.6 Å². The van der Waals surface area contributed by atoms with Gasteiger partial charge in [0.1, 0.15) is 5.82 Å². The highest BCUT2D eigenvalue weighted by Gasteiger charge is 2.43. The van der Waals surface area contributed by atoms with Crippen molar-refractivity contribution in [1.82, 2.24) is 10.3 Å². The molecule has 0 bridgehead atoms. The third-order valence-electron chi connectivity index (χ3n) is 7.40. The van der Waals surface area contributed by atoms with Crippen LogP contribution in [0.4, 0.5) is 4.39 Å². The summed E-state index contributed by atoms with van der Waals surface area (Å²) in [6, 6.07) is 14.1. The van der Waals surface area contributed by atoms with E-state index in [9.17, 15) is 9.18 Å². The summed E-state index contributed by atoms with van der Waals surface area (Å²) < 4.78 is 13.9. The van der Waals surface area contributed by atoms with Crippen molar-refractivity contribution in [3.8, 4) is 0 Å². The zero-order chi connectivity index (χ0) is 21.5. The van der Waals surface area contributed by atoms with Crippen LogP contribution in [0, 0.1) is 23.6 Å². The van der Waals surface area contributed by atoms with Crippen molar-refractivity contribution in [2.24, 2.45) is 17.8 Å². The van der Waals surface area contributed by atoms with Crippen LogP contribution >= 0.6 is 11.6 Å². The van der Waals surface area contributed by atoms with Crippen molar-refractivity contribution in [3.05, 3.63) is 76.7 Å². The maximum Gasteiger partial charge on any atom is 0.251 e. The quantitative estimate of drug-likeness (QED) is 0.516. The van der Waals surface area contributed by atoms with E-state index in [1.54, 1.807) is 36.4 Å². The zero-order valence-electron chi connectivity index (χ0n) is 17.5. The predicted molar refractivity (Wildman–Crippen MR) is 122 cm³/mol. The van der Waals surface area contributed by atoms with E-state index >= 15 is 0 Å². The smallest absolute Gasteiger partial charge is 0.251 e. The zero-order valence-corrected chi connectivity index (χ0v) is 18.3. The van der Waals surface area contributed by atoms with Gasteiger partial charge in [0.25, 0.3) is 5.91 Å². The summed E-state index contributed by atoms with van der Waals surface area (Å²) in [7, 11) is 0. The minimum absolute atomic E-state index is 0.0376. The molecular formula is C26H26ClFN2O. The van der Waals surface area contributed by atoms with Gasteiger partial charge < -0.3 is 5.32 Å². The lowest BCUT2D eigenvalue weighted by molar-refractivity contribution is 0.0925. The van der Waals surface area contributed by atoms with Crippen LogP contribution in [0.1, 0.15) is 54.4 Å². The van der Waals surface area contributed by atoms with E-state index in [0.717, 1.165) is 36.6 Å². The first kappa shape index (κ1) is 20.4. The van der Waals surface area contributed by atoms with Crippen LogP contribution in [0.2, 0.25) is 5.02 Å². The Hall–Kier alpha value is -2.46. The number of aromatic nitrogens is 1. The fourth-order valence-corrected chi connectivity index (χ4v) is 5.96. The molecule has 0 aliphatic heterocycles. The Balaban J connectivity index is 1.23. The molecule has 5 rings (SSSR count). The number of hydrogen-bond acceptors (Lipinski definition) is 2. The largest absolute Gasteiger partial charge is 0.349 e. The van der Waals surface area contributed by atoms with Crippen molar-refractivity contribution in [3.63, 3.8) is 0 Å². The van der Waals surface area contributed by atoms with Gasteiger partial charge in [0.2, 0.25) is 0 Å². The minimum Gasteiger partial charge on any atom is -0.349 e. The van der Waals surface area contributed by atoms with Gasteiger partial charge in [0.15, 0.2) is 0 Å². The maximum atomic E-state index is 13.9.